The zero-order valence-electron chi connectivity index (χ0n) is 29.2. The van der Waals surface area contributed by atoms with E-state index in [0.29, 0.717) is 19.6 Å². The van der Waals surface area contributed by atoms with Gasteiger partial charge in [-0.1, -0.05) is 174 Å². The van der Waals surface area contributed by atoms with E-state index in [0.717, 1.165) is 19.3 Å². The maximum absolute atomic E-state index is 11.9. The van der Waals surface area contributed by atoms with Gasteiger partial charge in [-0.05, 0) is 38.5 Å². The van der Waals surface area contributed by atoms with Gasteiger partial charge in [0, 0.05) is 13.0 Å². The molecule has 4 nitrogen and oxygen atoms in total. The fourth-order valence-corrected chi connectivity index (χ4v) is 5.68. The van der Waals surface area contributed by atoms with E-state index in [9.17, 15) is 9.90 Å². The first-order chi connectivity index (χ1) is 21.2. The van der Waals surface area contributed by atoms with Gasteiger partial charge in [0.05, 0.1) is 13.2 Å². The Hall–Kier alpha value is -0.870. The molecule has 0 bridgehead atoms. The van der Waals surface area contributed by atoms with E-state index in [-0.39, 0.29) is 12.6 Å². The molecule has 0 rings (SSSR count). The van der Waals surface area contributed by atoms with E-state index in [2.05, 4.69) is 26.0 Å². The van der Waals surface area contributed by atoms with Crippen molar-refractivity contribution >= 4 is 5.97 Å². The number of hydrogen-bond acceptors (Lipinski definition) is 4. The molecule has 0 aromatic rings. The third-order valence-electron chi connectivity index (χ3n) is 8.59. The predicted molar refractivity (Wildman–Crippen MR) is 187 cm³/mol. The third kappa shape index (κ3) is 35.5. The highest BCUT2D eigenvalue weighted by Crippen LogP contribution is 2.14. The normalized spacial score (nSPS) is 12.3. The van der Waals surface area contributed by atoms with Crippen molar-refractivity contribution in [3.05, 3.63) is 12.2 Å². The molecule has 0 aliphatic carbocycles. The summed E-state index contributed by atoms with van der Waals surface area (Å²) in [6.07, 6.45) is 43.0. The molecular formula is C39H76O4. The summed E-state index contributed by atoms with van der Waals surface area (Å²) in [4.78, 5) is 11.9. The molecule has 0 saturated heterocycles. The average molecular weight is 609 g/mol. The molecule has 0 aliphatic heterocycles. The summed E-state index contributed by atoms with van der Waals surface area (Å²) in [7, 11) is 0. The Morgan fingerprint density at radius 3 is 1.33 bits per heavy atom. The number of aliphatic hydroxyl groups excluding tert-OH is 1. The van der Waals surface area contributed by atoms with Gasteiger partial charge in [0.25, 0.3) is 0 Å². The average Bonchev–Trinajstić information content (AvgIpc) is 3.01. The molecule has 0 aliphatic rings. The summed E-state index contributed by atoms with van der Waals surface area (Å²) in [6.45, 7) is 5.29. The van der Waals surface area contributed by atoms with Crippen LogP contribution in [-0.2, 0) is 14.3 Å². The van der Waals surface area contributed by atoms with Crippen molar-refractivity contribution in [2.24, 2.45) is 0 Å². The van der Waals surface area contributed by atoms with Gasteiger partial charge >= 0.3 is 5.97 Å². The minimum Gasteiger partial charge on any atom is -0.457 e. The number of carbonyl (C=O) groups is 1. The minimum absolute atomic E-state index is 0.168. The summed E-state index contributed by atoms with van der Waals surface area (Å²) >= 11 is 0. The van der Waals surface area contributed by atoms with Crippen molar-refractivity contribution in [2.75, 3.05) is 19.8 Å². The lowest BCUT2D eigenvalue weighted by Gasteiger charge is -2.15. The van der Waals surface area contributed by atoms with Crippen LogP contribution in [0.15, 0.2) is 12.2 Å². The van der Waals surface area contributed by atoms with Crippen molar-refractivity contribution in [1.29, 1.82) is 0 Å². The van der Waals surface area contributed by atoms with E-state index in [1.807, 2.05) is 0 Å². The summed E-state index contributed by atoms with van der Waals surface area (Å²) in [6, 6.07) is 0. The van der Waals surface area contributed by atoms with Gasteiger partial charge in [0.2, 0.25) is 0 Å². The highest BCUT2D eigenvalue weighted by atomic mass is 16.6. The SMILES string of the molecule is CCCCCCCCCC/C=C\CCCCCCCCCCCCCCCCOCC(CO)OC(=O)CCCCCCC. The molecule has 1 atom stereocenters. The van der Waals surface area contributed by atoms with Crippen LogP contribution >= 0.6 is 0 Å². The number of esters is 1. The summed E-state index contributed by atoms with van der Waals surface area (Å²) < 4.78 is 11.0. The van der Waals surface area contributed by atoms with Crippen molar-refractivity contribution in [1.82, 2.24) is 0 Å². The summed E-state index contributed by atoms with van der Waals surface area (Å²) in [5, 5.41) is 9.46. The van der Waals surface area contributed by atoms with Crippen LogP contribution < -0.4 is 0 Å². The van der Waals surface area contributed by atoms with Gasteiger partial charge < -0.3 is 14.6 Å². The minimum atomic E-state index is -0.523. The summed E-state index contributed by atoms with van der Waals surface area (Å²) in [5.74, 6) is -0.211. The monoisotopic (exact) mass is 609 g/mol. The van der Waals surface area contributed by atoms with Crippen LogP contribution in [0.5, 0.6) is 0 Å². The Balaban J connectivity index is 3.27. The first kappa shape index (κ1) is 42.1. The van der Waals surface area contributed by atoms with Crippen molar-refractivity contribution in [3.63, 3.8) is 0 Å². The molecule has 4 heteroatoms. The molecule has 0 heterocycles. The fourth-order valence-electron chi connectivity index (χ4n) is 5.68. The van der Waals surface area contributed by atoms with Crippen LogP contribution in [0.2, 0.25) is 0 Å². The van der Waals surface area contributed by atoms with Crippen LogP contribution in [-0.4, -0.2) is 37.0 Å². The second kappa shape index (κ2) is 37.3. The van der Waals surface area contributed by atoms with E-state index >= 15 is 0 Å². The number of hydrogen-bond donors (Lipinski definition) is 1. The Kier molecular flexibility index (Phi) is 36.6. The maximum atomic E-state index is 11.9. The first-order valence-corrected chi connectivity index (χ1v) is 19.3. The van der Waals surface area contributed by atoms with Gasteiger partial charge in [-0.2, -0.15) is 0 Å². The van der Waals surface area contributed by atoms with Crippen LogP contribution in [0.25, 0.3) is 0 Å². The molecule has 0 saturated carbocycles. The Morgan fingerprint density at radius 1 is 0.535 bits per heavy atom. The van der Waals surface area contributed by atoms with E-state index in [1.54, 1.807) is 0 Å². The molecule has 1 unspecified atom stereocenters. The maximum Gasteiger partial charge on any atom is 0.306 e. The third-order valence-corrected chi connectivity index (χ3v) is 8.59. The lowest BCUT2D eigenvalue weighted by molar-refractivity contribution is -0.154. The fraction of sp³-hybridized carbons (Fsp3) is 0.923. The molecule has 0 aromatic carbocycles. The number of unbranched alkanes of at least 4 members (excludes halogenated alkanes) is 26. The van der Waals surface area contributed by atoms with Gasteiger partial charge in [0.1, 0.15) is 6.10 Å². The van der Waals surface area contributed by atoms with Gasteiger partial charge in [-0.3, -0.25) is 4.79 Å². The van der Waals surface area contributed by atoms with Gasteiger partial charge in [-0.25, -0.2) is 0 Å². The quantitative estimate of drug-likeness (QED) is 0.0437. The van der Waals surface area contributed by atoms with Crippen molar-refractivity contribution in [2.45, 2.75) is 213 Å². The Labute approximate surface area is 269 Å². The molecule has 0 aromatic heterocycles. The molecule has 0 spiro atoms. The molecular weight excluding hydrogens is 532 g/mol. The number of aliphatic hydroxyl groups is 1. The van der Waals surface area contributed by atoms with E-state index in [1.165, 1.54) is 167 Å². The lowest BCUT2D eigenvalue weighted by atomic mass is 10.0. The number of carbonyl (C=O) groups excluding carboxylic acids is 1. The van der Waals surface area contributed by atoms with Crippen molar-refractivity contribution < 1.29 is 19.4 Å². The van der Waals surface area contributed by atoms with Gasteiger partial charge in [0.15, 0.2) is 0 Å². The highest BCUT2D eigenvalue weighted by Gasteiger charge is 2.13. The lowest BCUT2D eigenvalue weighted by Crippen LogP contribution is -2.27. The molecule has 1 N–H and O–H groups in total. The zero-order valence-corrected chi connectivity index (χ0v) is 29.2. The van der Waals surface area contributed by atoms with E-state index in [4.69, 9.17) is 9.47 Å². The second-order valence-corrected chi connectivity index (χ2v) is 13.0. The number of ether oxygens (including phenoxy) is 2. The highest BCUT2D eigenvalue weighted by molar-refractivity contribution is 5.69. The zero-order chi connectivity index (χ0) is 31.3. The molecule has 43 heavy (non-hydrogen) atoms. The van der Waals surface area contributed by atoms with Crippen LogP contribution in [0.1, 0.15) is 206 Å². The molecule has 0 radical (unpaired) electrons. The molecule has 0 amide bonds. The largest absolute Gasteiger partial charge is 0.457 e. The Morgan fingerprint density at radius 2 is 0.907 bits per heavy atom. The molecule has 0 fully saturated rings. The van der Waals surface area contributed by atoms with Gasteiger partial charge in [-0.15, -0.1) is 0 Å². The predicted octanol–water partition coefficient (Wildman–Crippen LogP) is 12.2. The van der Waals surface area contributed by atoms with Crippen molar-refractivity contribution in [3.8, 4) is 0 Å². The van der Waals surface area contributed by atoms with Crippen LogP contribution in [0.3, 0.4) is 0 Å². The van der Waals surface area contributed by atoms with E-state index < -0.39 is 6.10 Å². The topological polar surface area (TPSA) is 55.8 Å². The molecule has 256 valence electrons. The van der Waals surface area contributed by atoms with Crippen LogP contribution in [0.4, 0.5) is 0 Å². The smallest absolute Gasteiger partial charge is 0.306 e. The first-order valence-electron chi connectivity index (χ1n) is 19.3. The summed E-state index contributed by atoms with van der Waals surface area (Å²) in [5.41, 5.74) is 0. The standard InChI is InChI=1S/C39H76O4/c1-3-5-7-9-10-11-12-13-14-15-16-17-18-19-20-21-22-23-24-25-26-27-28-29-31-33-35-42-37-38(36-40)43-39(41)34-32-30-8-6-4-2/h15-16,38,40H,3-14,17-37H2,1-2H3/b16-15-. The van der Waals surface area contributed by atoms with Crippen LogP contribution in [0, 0.1) is 0 Å². The second-order valence-electron chi connectivity index (χ2n) is 13.0. The Bertz CT molecular complexity index is 561. The number of rotatable bonds is 36. The number of allylic oxidation sites excluding steroid dienone is 2.